The summed E-state index contributed by atoms with van der Waals surface area (Å²) >= 11 is 8.57. The molecule has 0 saturated carbocycles. The predicted molar refractivity (Wildman–Crippen MR) is 134 cm³/mol. The molecule has 0 aliphatic carbocycles. The van der Waals surface area contributed by atoms with E-state index in [9.17, 15) is 4.79 Å². The molecule has 0 atom stereocenters. The molecule has 31 heavy (non-hydrogen) atoms. The molecule has 0 saturated heterocycles. The van der Waals surface area contributed by atoms with Crippen molar-refractivity contribution >= 4 is 34.2 Å². The number of halogens is 2. The van der Waals surface area contributed by atoms with Crippen molar-refractivity contribution < 1.29 is 9.47 Å². The monoisotopic (exact) mass is 552 g/mol. The smallest absolute Gasteiger partial charge is 0.289 e. The van der Waals surface area contributed by atoms with Gasteiger partial charge in [0.05, 0.1) is 18.3 Å². The van der Waals surface area contributed by atoms with Gasteiger partial charge in [-0.3, -0.25) is 4.79 Å². The first kappa shape index (κ1) is 23.6. The third-order valence-corrected chi connectivity index (χ3v) is 5.72. The van der Waals surface area contributed by atoms with Crippen molar-refractivity contribution in [1.82, 2.24) is 9.78 Å². The highest BCUT2D eigenvalue weighted by Crippen LogP contribution is 2.25. The number of hydrogen-bond acceptors (Lipinski definition) is 4. The highest BCUT2D eigenvalue weighted by molar-refractivity contribution is 14.1. The van der Waals surface area contributed by atoms with Gasteiger partial charge in [-0.25, -0.2) is 4.68 Å². The Hall–Kier alpha value is -2.06. The van der Waals surface area contributed by atoms with E-state index < -0.39 is 5.54 Å². The Balaban J connectivity index is 1.64. The first-order valence-corrected chi connectivity index (χ1v) is 12.0. The zero-order chi connectivity index (χ0) is 22.4. The summed E-state index contributed by atoms with van der Waals surface area (Å²) in [7, 11) is 0. The Bertz CT molecular complexity index is 1060. The van der Waals surface area contributed by atoms with Gasteiger partial charge in [0.25, 0.3) is 5.56 Å². The predicted octanol–water partition coefficient (Wildman–Crippen LogP) is 6.10. The second-order valence-electron chi connectivity index (χ2n) is 8.11. The molecule has 0 spiro atoms. The number of ether oxygens (including phenoxy) is 2. The molecule has 0 aliphatic rings. The summed E-state index contributed by atoms with van der Waals surface area (Å²) in [6.45, 7) is 6.72. The van der Waals surface area contributed by atoms with Gasteiger partial charge in [-0.1, -0.05) is 70.6 Å². The lowest BCUT2D eigenvalue weighted by atomic mass is 10.0. The second-order valence-corrected chi connectivity index (χ2v) is 9.57. The molecule has 1 heterocycles. The molecule has 0 bridgehead atoms. The third kappa shape index (κ3) is 6.23. The minimum atomic E-state index is -0.450. The molecule has 5 nitrogen and oxygen atoms in total. The summed E-state index contributed by atoms with van der Waals surface area (Å²) in [5, 5.41) is 4.23. The average molecular weight is 553 g/mol. The van der Waals surface area contributed by atoms with E-state index in [0.717, 1.165) is 39.9 Å². The molecule has 1 aromatic heterocycles. The van der Waals surface area contributed by atoms with Gasteiger partial charge < -0.3 is 9.47 Å². The van der Waals surface area contributed by atoms with E-state index in [1.807, 2.05) is 57.2 Å². The zero-order valence-electron chi connectivity index (χ0n) is 17.9. The van der Waals surface area contributed by atoms with E-state index >= 15 is 0 Å². The quantitative estimate of drug-likeness (QED) is 0.192. The minimum Gasteiger partial charge on any atom is -0.494 e. The fourth-order valence-electron chi connectivity index (χ4n) is 2.94. The highest BCUT2D eigenvalue weighted by atomic mass is 127. The fourth-order valence-corrected chi connectivity index (χ4v) is 3.43. The molecular weight excluding hydrogens is 527 g/mol. The Morgan fingerprint density at radius 3 is 2.19 bits per heavy atom. The normalized spacial score (nSPS) is 11.4. The van der Waals surface area contributed by atoms with Gasteiger partial charge >= 0.3 is 0 Å². The van der Waals surface area contributed by atoms with Crippen LogP contribution in [0.5, 0.6) is 11.5 Å². The lowest BCUT2D eigenvalue weighted by molar-refractivity contribution is 0.292. The van der Waals surface area contributed by atoms with Crippen LogP contribution in [0.2, 0.25) is 5.02 Å². The SMILES string of the molecule is CC(C)(C)n1ncc(OCc2ccc(-c3ccc(OCCCI)cc3)cc2)c(Cl)c1=O. The summed E-state index contributed by atoms with van der Waals surface area (Å²) in [6, 6.07) is 16.2. The number of aromatic nitrogens is 2. The van der Waals surface area contributed by atoms with Crippen LogP contribution in [0.3, 0.4) is 0 Å². The number of nitrogens with zero attached hydrogens (tertiary/aromatic N) is 2. The van der Waals surface area contributed by atoms with E-state index in [0.29, 0.717) is 6.61 Å². The summed E-state index contributed by atoms with van der Waals surface area (Å²) in [5.41, 5.74) is 2.39. The molecule has 3 aromatic rings. The fraction of sp³-hybridized carbons (Fsp3) is 0.333. The molecule has 3 rings (SSSR count). The molecule has 0 fully saturated rings. The summed E-state index contributed by atoms with van der Waals surface area (Å²) in [6.07, 6.45) is 2.54. The Labute approximate surface area is 201 Å². The van der Waals surface area contributed by atoms with Crippen LogP contribution in [-0.2, 0) is 12.1 Å². The van der Waals surface area contributed by atoms with E-state index in [-0.39, 0.29) is 16.3 Å². The molecule has 164 valence electrons. The van der Waals surface area contributed by atoms with Gasteiger partial charge in [0, 0.05) is 4.43 Å². The van der Waals surface area contributed by atoms with Crippen molar-refractivity contribution in [1.29, 1.82) is 0 Å². The Morgan fingerprint density at radius 2 is 1.61 bits per heavy atom. The van der Waals surface area contributed by atoms with Gasteiger partial charge in [-0.05, 0) is 56.0 Å². The molecule has 0 unspecified atom stereocenters. The van der Waals surface area contributed by atoms with E-state index in [1.54, 1.807) is 0 Å². The van der Waals surface area contributed by atoms with Crippen LogP contribution in [0.15, 0.2) is 59.5 Å². The first-order valence-electron chi connectivity index (χ1n) is 10.1. The van der Waals surface area contributed by atoms with Crippen LogP contribution < -0.4 is 15.0 Å². The van der Waals surface area contributed by atoms with Crippen LogP contribution >= 0.6 is 34.2 Å². The molecule has 0 N–H and O–H groups in total. The van der Waals surface area contributed by atoms with Gasteiger partial charge in [0.2, 0.25) is 0 Å². The number of rotatable bonds is 8. The lowest BCUT2D eigenvalue weighted by Crippen LogP contribution is -2.36. The Morgan fingerprint density at radius 1 is 1.00 bits per heavy atom. The maximum absolute atomic E-state index is 12.4. The van der Waals surface area contributed by atoms with Crippen molar-refractivity contribution in [2.75, 3.05) is 11.0 Å². The molecule has 2 aromatic carbocycles. The van der Waals surface area contributed by atoms with Crippen molar-refractivity contribution in [3.63, 3.8) is 0 Å². The van der Waals surface area contributed by atoms with Gasteiger partial charge in [-0.15, -0.1) is 0 Å². The van der Waals surface area contributed by atoms with Crippen LogP contribution in [0, 0.1) is 0 Å². The van der Waals surface area contributed by atoms with E-state index in [4.69, 9.17) is 21.1 Å². The van der Waals surface area contributed by atoms with Crippen molar-refractivity contribution in [2.24, 2.45) is 0 Å². The largest absolute Gasteiger partial charge is 0.494 e. The topological polar surface area (TPSA) is 53.4 Å². The van der Waals surface area contributed by atoms with Crippen molar-refractivity contribution in [2.45, 2.75) is 39.3 Å². The Kier molecular flexibility index (Phi) is 8.00. The molecule has 7 heteroatoms. The zero-order valence-corrected chi connectivity index (χ0v) is 20.8. The van der Waals surface area contributed by atoms with E-state index in [1.165, 1.54) is 10.9 Å². The van der Waals surface area contributed by atoms with Crippen LogP contribution in [0.25, 0.3) is 11.1 Å². The summed E-state index contributed by atoms with van der Waals surface area (Å²) < 4.78 is 13.9. The molecular formula is C24H26ClIN2O3. The molecule has 0 radical (unpaired) electrons. The van der Waals surface area contributed by atoms with Gasteiger partial charge in [0.1, 0.15) is 12.4 Å². The maximum atomic E-state index is 12.4. The number of hydrogen-bond donors (Lipinski definition) is 0. The van der Waals surface area contributed by atoms with E-state index in [2.05, 4.69) is 39.8 Å². The summed E-state index contributed by atoms with van der Waals surface area (Å²) in [4.78, 5) is 12.4. The standard InChI is InChI=1S/C24H26ClIN2O3/c1-24(2,3)28-23(29)22(25)21(15-27-28)31-16-17-5-7-18(8-6-17)19-9-11-20(12-10-19)30-14-4-13-26/h5-12,15H,4,13-14,16H2,1-3H3. The second kappa shape index (κ2) is 10.5. The number of alkyl halides is 1. The number of benzene rings is 2. The van der Waals surface area contributed by atoms with Crippen molar-refractivity contribution in [3.05, 3.63) is 75.7 Å². The third-order valence-electron chi connectivity index (χ3n) is 4.60. The summed E-state index contributed by atoms with van der Waals surface area (Å²) in [5.74, 6) is 1.17. The first-order chi connectivity index (χ1) is 14.8. The van der Waals surface area contributed by atoms with Crippen LogP contribution in [0.1, 0.15) is 32.8 Å². The van der Waals surface area contributed by atoms with Crippen LogP contribution in [0.4, 0.5) is 0 Å². The van der Waals surface area contributed by atoms with Gasteiger partial charge in [0.15, 0.2) is 10.8 Å². The minimum absolute atomic E-state index is 0.0438. The van der Waals surface area contributed by atoms with Gasteiger partial charge in [-0.2, -0.15) is 5.10 Å². The van der Waals surface area contributed by atoms with Crippen LogP contribution in [-0.4, -0.2) is 20.8 Å². The highest BCUT2D eigenvalue weighted by Gasteiger charge is 2.20. The lowest BCUT2D eigenvalue weighted by Gasteiger charge is -2.21. The molecule has 0 amide bonds. The average Bonchev–Trinajstić information content (AvgIpc) is 2.75. The van der Waals surface area contributed by atoms with Crippen molar-refractivity contribution in [3.8, 4) is 22.6 Å². The maximum Gasteiger partial charge on any atom is 0.289 e. The molecule has 0 aliphatic heterocycles.